The van der Waals surface area contributed by atoms with Gasteiger partial charge in [-0.25, -0.2) is 14.8 Å². The molecule has 0 aliphatic carbocycles. The normalized spacial score (nSPS) is 15.9. The number of carbonyl (C=O) groups is 1. The second-order valence-corrected chi connectivity index (χ2v) is 6.70. The molecule has 0 saturated carbocycles. The van der Waals surface area contributed by atoms with Crippen molar-refractivity contribution in [1.82, 2.24) is 14.9 Å². The molecule has 0 unspecified atom stereocenters. The average molecular weight is 388 g/mol. The third-order valence-corrected chi connectivity index (χ3v) is 3.56. The minimum atomic E-state index is -0.683. The molecule has 28 heavy (non-hydrogen) atoms. The number of ether oxygens (including phenoxy) is 1. The lowest BCUT2D eigenvalue weighted by molar-refractivity contribution is -0.137. The molecule has 0 fully saturated rings. The van der Waals surface area contributed by atoms with Gasteiger partial charge in [-0.15, -0.1) is 0 Å². The number of anilines is 1. The third kappa shape index (κ3) is 5.29. The van der Waals surface area contributed by atoms with Gasteiger partial charge in [0, 0.05) is 14.1 Å². The molecule has 1 aromatic rings. The highest BCUT2D eigenvalue weighted by molar-refractivity contribution is 6.08. The Morgan fingerprint density at radius 1 is 1.39 bits per heavy atom. The zero-order chi connectivity index (χ0) is 20.9. The first kappa shape index (κ1) is 20.9. The van der Waals surface area contributed by atoms with E-state index in [1.54, 1.807) is 25.9 Å². The first-order valence-electron chi connectivity index (χ1n) is 8.60. The van der Waals surface area contributed by atoms with Gasteiger partial charge in [0.2, 0.25) is 5.95 Å². The first-order valence-corrected chi connectivity index (χ1v) is 8.60. The van der Waals surface area contributed by atoms with Crippen LogP contribution >= 0.6 is 0 Å². The van der Waals surface area contributed by atoms with E-state index in [0.29, 0.717) is 11.5 Å². The molecule has 2 rings (SSSR count). The van der Waals surface area contributed by atoms with E-state index < -0.39 is 17.1 Å². The van der Waals surface area contributed by atoms with Gasteiger partial charge in [-0.3, -0.25) is 9.78 Å². The zero-order valence-corrected chi connectivity index (χ0v) is 16.5. The second-order valence-electron chi connectivity index (χ2n) is 6.70. The highest BCUT2D eigenvalue weighted by Gasteiger charge is 2.30. The Hall–Kier alpha value is -3.43. The summed E-state index contributed by atoms with van der Waals surface area (Å²) in [4.78, 5) is 40.7. The molecule has 0 bridgehead atoms. The number of fused-ring (bicyclic) bond motifs is 1. The highest BCUT2D eigenvalue weighted by Crippen LogP contribution is 2.30. The summed E-state index contributed by atoms with van der Waals surface area (Å²) in [7, 11) is 3.60. The Morgan fingerprint density at radius 3 is 2.75 bits per heavy atom. The van der Waals surface area contributed by atoms with E-state index in [9.17, 15) is 14.7 Å². The SMILES string of the molecule is CCOC(=O)/C=C(O)/C=C/C1=Nc2c(nc(/N=C/N(C)C)[nH]c2=O)NC1(C)C. The molecule has 0 saturated heterocycles. The lowest BCUT2D eigenvalue weighted by Crippen LogP contribution is -2.42. The van der Waals surface area contributed by atoms with Gasteiger partial charge in [0.15, 0.2) is 11.5 Å². The lowest BCUT2D eigenvalue weighted by Gasteiger charge is -2.31. The highest BCUT2D eigenvalue weighted by atomic mass is 16.5. The van der Waals surface area contributed by atoms with Crippen LogP contribution in [0.25, 0.3) is 0 Å². The summed E-state index contributed by atoms with van der Waals surface area (Å²) >= 11 is 0. The molecule has 3 N–H and O–H groups in total. The minimum Gasteiger partial charge on any atom is -0.508 e. The lowest BCUT2D eigenvalue weighted by atomic mass is 9.95. The van der Waals surface area contributed by atoms with Gasteiger partial charge >= 0.3 is 5.97 Å². The molecule has 10 heteroatoms. The third-order valence-electron chi connectivity index (χ3n) is 3.56. The van der Waals surface area contributed by atoms with Gasteiger partial charge in [0.25, 0.3) is 5.56 Å². The van der Waals surface area contributed by atoms with E-state index in [-0.39, 0.29) is 24.0 Å². The van der Waals surface area contributed by atoms with Gasteiger partial charge in [0.1, 0.15) is 5.76 Å². The molecule has 0 amide bonds. The Kier molecular flexibility index (Phi) is 6.34. The standard InChI is InChI=1S/C18H24N6O4/c1-6-28-13(26)9-11(25)7-8-12-18(2,3)23-15-14(20-12)16(27)22-17(21-15)19-10-24(4)5/h7-10,25H,6H2,1-5H3,(H2,21,22,23,27)/b8-7+,11-9-,19-10+. The fourth-order valence-corrected chi connectivity index (χ4v) is 2.26. The number of aliphatic hydroxyl groups excluding tert-OH is 1. The molecule has 0 aromatic carbocycles. The summed E-state index contributed by atoms with van der Waals surface area (Å²) in [6, 6.07) is 0. The van der Waals surface area contributed by atoms with Crippen molar-refractivity contribution in [3.8, 4) is 0 Å². The van der Waals surface area contributed by atoms with Crippen LogP contribution in [0.5, 0.6) is 0 Å². The molecule has 2 heterocycles. The number of carbonyl (C=O) groups excluding carboxylic acids is 1. The van der Waals surface area contributed by atoms with Crippen LogP contribution in [0.15, 0.2) is 38.8 Å². The topological polar surface area (TPSA) is 132 Å². The van der Waals surface area contributed by atoms with Gasteiger partial charge in [-0.05, 0) is 32.9 Å². The number of allylic oxidation sites excluding steroid dienone is 1. The van der Waals surface area contributed by atoms with Crippen LogP contribution in [0.2, 0.25) is 0 Å². The van der Waals surface area contributed by atoms with Gasteiger partial charge in [-0.1, -0.05) is 0 Å². The van der Waals surface area contributed by atoms with Crippen molar-refractivity contribution in [3.05, 3.63) is 34.3 Å². The van der Waals surface area contributed by atoms with Crippen LogP contribution in [0.3, 0.4) is 0 Å². The number of aromatic amines is 1. The van der Waals surface area contributed by atoms with Crippen LogP contribution in [-0.2, 0) is 9.53 Å². The van der Waals surface area contributed by atoms with Crippen LogP contribution in [0.4, 0.5) is 17.5 Å². The van der Waals surface area contributed by atoms with E-state index in [0.717, 1.165) is 6.08 Å². The first-order chi connectivity index (χ1) is 13.1. The predicted molar refractivity (Wildman–Crippen MR) is 108 cm³/mol. The monoisotopic (exact) mass is 388 g/mol. The second kappa shape index (κ2) is 8.51. The fourth-order valence-electron chi connectivity index (χ4n) is 2.26. The van der Waals surface area contributed by atoms with Gasteiger partial charge in [0.05, 0.1) is 30.3 Å². The summed E-state index contributed by atoms with van der Waals surface area (Å²) in [5.74, 6) is -0.472. The molecule has 1 aliphatic heterocycles. The molecule has 150 valence electrons. The van der Waals surface area contributed by atoms with Crippen molar-refractivity contribution in [2.75, 3.05) is 26.0 Å². The zero-order valence-electron chi connectivity index (χ0n) is 16.5. The van der Waals surface area contributed by atoms with Crippen LogP contribution < -0.4 is 10.9 Å². The van der Waals surface area contributed by atoms with E-state index in [4.69, 9.17) is 4.74 Å². The van der Waals surface area contributed by atoms with Gasteiger partial charge < -0.3 is 20.1 Å². The Balaban J connectivity index is 2.36. The van der Waals surface area contributed by atoms with Crippen LogP contribution in [0.1, 0.15) is 20.8 Å². The van der Waals surface area contributed by atoms with Crippen molar-refractivity contribution in [3.63, 3.8) is 0 Å². The molecule has 1 aliphatic rings. The van der Waals surface area contributed by atoms with Crippen molar-refractivity contribution < 1.29 is 14.6 Å². The van der Waals surface area contributed by atoms with Crippen LogP contribution in [-0.4, -0.2) is 64.2 Å². The summed E-state index contributed by atoms with van der Waals surface area (Å²) in [5.41, 5.74) is -0.551. The number of aliphatic imine (C=N–C) groups is 2. The average Bonchev–Trinajstić information content (AvgIpc) is 2.57. The maximum atomic E-state index is 12.4. The van der Waals surface area contributed by atoms with Crippen LogP contribution in [0, 0.1) is 0 Å². The van der Waals surface area contributed by atoms with E-state index >= 15 is 0 Å². The van der Waals surface area contributed by atoms with Gasteiger partial charge in [-0.2, -0.15) is 4.98 Å². The number of hydrogen-bond acceptors (Lipinski definition) is 8. The number of nitrogens with zero attached hydrogens (tertiary/aromatic N) is 4. The number of rotatable bonds is 6. The van der Waals surface area contributed by atoms with Crippen molar-refractivity contribution >= 4 is 35.5 Å². The van der Waals surface area contributed by atoms with Crippen molar-refractivity contribution in [2.24, 2.45) is 9.98 Å². The molecule has 0 atom stereocenters. The summed E-state index contributed by atoms with van der Waals surface area (Å²) in [6.45, 7) is 5.57. The minimum absolute atomic E-state index is 0.108. The maximum absolute atomic E-state index is 12.4. The number of aromatic nitrogens is 2. The molecular weight excluding hydrogens is 364 g/mol. The summed E-state index contributed by atoms with van der Waals surface area (Å²) in [6.07, 6.45) is 5.30. The quantitative estimate of drug-likeness (QED) is 0.169. The maximum Gasteiger partial charge on any atom is 0.334 e. The predicted octanol–water partition coefficient (Wildman–Crippen LogP) is 1.83. The Bertz CT molecular complexity index is 924. The Labute approximate surface area is 162 Å². The number of hydrogen-bond donors (Lipinski definition) is 3. The molecule has 10 nitrogen and oxygen atoms in total. The summed E-state index contributed by atoms with van der Waals surface area (Å²) < 4.78 is 4.73. The Morgan fingerprint density at radius 2 is 2.11 bits per heavy atom. The number of esters is 1. The molecular formula is C18H24N6O4. The van der Waals surface area contributed by atoms with E-state index in [1.807, 2.05) is 13.8 Å². The van der Waals surface area contributed by atoms with Crippen molar-refractivity contribution in [1.29, 1.82) is 0 Å². The largest absolute Gasteiger partial charge is 0.508 e. The molecule has 0 radical (unpaired) electrons. The summed E-state index contributed by atoms with van der Waals surface area (Å²) in [5, 5.41) is 13.0. The molecule has 0 spiro atoms. The smallest absolute Gasteiger partial charge is 0.334 e. The van der Waals surface area contributed by atoms with E-state index in [1.165, 1.54) is 18.5 Å². The number of aliphatic hydroxyl groups is 1. The number of nitrogens with one attached hydrogen (secondary N) is 2. The number of H-pyrrole nitrogens is 1. The van der Waals surface area contributed by atoms with E-state index in [2.05, 4.69) is 25.3 Å². The fraction of sp³-hybridized carbons (Fsp3) is 0.389. The molecule has 1 aromatic heterocycles. The van der Waals surface area contributed by atoms with Crippen molar-refractivity contribution in [2.45, 2.75) is 26.3 Å².